The Kier molecular flexibility index (Phi) is 6.46. The van der Waals surface area contributed by atoms with E-state index in [1.165, 1.54) is 6.26 Å². The van der Waals surface area contributed by atoms with Crippen LogP contribution in [-0.2, 0) is 16.3 Å². The molecule has 4 heterocycles. The van der Waals surface area contributed by atoms with Gasteiger partial charge in [-0.2, -0.15) is 0 Å². The quantitative estimate of drug-likeness (QED) is 0.264. The van der Waals surface area contributed by atoms with Crippen molar-refractivity contribution in [1.29, 1.82) is 0 Å². The molecule has 0 saturated carbocycles. The lowest BCUT2D eigenvalue weighted by atomic mass is 9.87. The highest BCUT2D eigenvalue weighted by Gasteiger charge is 2.22. The summed E-state index contributed by atoms with van der Waals surface area (Å²) in [7, 11) is -3.31. The fourth-order valence-corrected chi connectivity index (χ4v) is 5.52. The molecule has 0 unspecified atom stereocenters. The number of nitrogens with zero attached hydrogens (tertiary/aromatic N) is 5. The van der Waals surface area contributed by atoms with E-state index in [-0.39, 0.29) is 10.8 Å². The Balaban J connectivity index is 1.51. The molecule has 6 rings (SSSR count). The number of hydrogen-bond acceptors (Lipinski definition) is 6. The van der Waals surface area contributed by atoms with Crippen LogP contribution in [-0.4, -0.2) is 39.2 Å². The first-order valence-corrected chi connectivity index (χ1v) is 14.4. The maximum atomic E-state index is 12.1. The zero-order valence-electron chi connectivity index (χ0n) is 21.2. The zero-order valence-corrected chi connectivity index (χ0v) is 22.0. The number of pyridine rings is 3. The smallest absolute Gasteiger partial charge is 0.175 e. The summed E-state index contributed by atoms with van der Waals surface area (Å²) in [6.07, 6.45) is 11.0. The number of aromatic nitrogens is 5. The van der Waals surface area contributed by atoms with Gasteiger partial charge in [-0.05, 0) is 77.7 Å². The highest BCUT2D eigenvalue weighted by atomic mass is 32.2. The fourth-order valence-electron chi connectivity index (χ4n) is 4.89. The molecule has 0 N–H and O–H groups in total. The molecule has 7 nitrogen and oxygen atoms in total. The molecule has 192 valence electrons. The second-order valence-corrected chi connectivity index (χ2v) is 11.4. The monoisotopic (exact) mass is 531 g/mol. The predicted molar refractivity (Wildman–Crippen MR) is 151 cm³/mol. The van der Waals surface area contributed by atoms with Gasteiger partial charge in [0, 0.05) is 48.7 Å². The van der Waals surface area contributed by atoms with E-state index in [2.05, 4.69) is 32.7 Å². The predicted octanol–water partition coefficient (Wildman–Crippen LogP) is 5.66. The number of para-hydroxylation sites is 2. The van der Waals surface area contributed by atoms with Gasteiger partial charge in [-0.25, -0.2) is 18.4 Å². The maximum Gasteiger partial charge on any atom is 0.175 e. The van der Waals surface area contributed by atoms with Crippen LogP contribution in [0, 0.1) is 0 Å². The lowest BCUT2D eigenvalue weighted by Gasteiger charge is -2.20. The van der Waals surface area contributed by atoms with Gasteiger partial charge in [0.2, 0.25) is 0 Å². The average Bonchev–Trinajstić information content (AvgIpc) is 3.36. The van der Waals surface area contributed by atoms with Gasteiger partial charge >= 0.3 is 0 Å². The summed E-state index contributed by atoms with van der Waals surface area (Å²) in [5, 5.41) is 0. The summed E-state index contributed by atoms with van der Waals surface area (Å²) in [4.78, 5) is 18.8. The van der Waals surface area contributed by atoms with E-state index in [1.807, 2.05) is 54.9 Å². The third-order valence-corrected chi connectivity index (χ3v) is 7.91. The highest BCUT2D eigenvalue weighted by molar-refractivity contribution is 7.90. The maximum absolute atomic E-state index is 12.1. The number of benzene rings is 2. The molecule has 0 spiro atoms. The van der Waals surface area contributed by atoms with E-state index in [0.29, 0.717) is 12.2 Å². The Hall–Kier alpha value is -4.69. The molecular formula is C31H25N5O2S. The van der Waals surface area contributed by atoms with E-state index in [1.54, 1.807) is 42.9 Å². The minimum atomic E-state index is -3.31. The lowest BCUT2D eigenvalue weighted by Crippen LogP contribution is -2.10. The van der Waals surface area contributed by atoms with Crippen LogP contribution in [0.15, 0.2) is 121 Å². The second-order valence-electron chi connectivity index (χ2n) is 9.37. The van der Waals surface area contributed by atoms with E-state index >= 15 is 0 Å². The van der Waals surface area contributed by atoms with Crippen LogP contribution in [0.2, 0.25) is 0 Å². The Morgan fingerprint density at radius 1 is 0.769 bits per heavy atom. The van der Waals surface area contributed by atoms with Gasteiger partial charge in [0.25, 0.3) is 0 Å². The van der Waals surface area contributed by atoms with Crippen molar-refractivity contribution in [3.63, 3.8) is 0 Å². The number of rotatable bonds is 7. The number of hydrogen-bond donors (Lipinski definition) is 0. The summed E-state index contributed by atoms with van der Waals surface area (Å²) in [6.45, 7) is 0. The minimum Gasteiger partial charge on any atom is -0.276 e. The Morgan fingerprint density at radius 2 is 1.44 bits per heavy atom. The normalized spacial score (nSPS) is 11.7. The molecule has 0 aliphatic heterocycles. The van der Waals surface area contributed by atoms with Crippen LogP contribution in [0.4, 0.5) is 0 Å². The zero-order chi connectivity index (χ0) is 26.8. The third kappa shape index (κ3) is 4.94. The van der Waals surface area contributed by atoms with Crippen LogP contribution < -0.4 is 0 Å². The number of fused-ring (bicyclic) bond motifs is 1. The van der Waals surface area contributed by atoms with Crippen molar-refractivity contribution in [2.75, 3.05) is 6.26 Å². The van der Waals surface area contributed by atoms with Gasteiger partial charge in [-0.1, -0.05) is 30.3 Å². The van der Waals surface area contributed by atoms with Gasteiger partial charge in [0.1, 0.15) is 11.6 Å². The standard InChI is InChI=1S/C31H25N5O2S/c1-39(37,38)26-14-12-22(13-15-26)31-35-28-10-2-3-11-29(28)36(31)30-23(7-6-18-34-30)19-27(24-8-4-16-32-20-24)25-9-5-17-33-21-25/h2-18,20-21,27H,19H2,1H3. The minimum absolute atomic E-state index is 0.0163. The largest absolute Gasteiger partial charge is 0.276 e. The molecule has 2 aromatic carbocycles. The number of sulfone groups is 1. The lowest BCUT2D eigenvalue weighted by molar-refractivity contribution is 0.602. The van der Waals surface area contributed by atoms with Crippen LogP contribution in [0.5, 0.6) is 0 Å². The molecule has 6 aromatic rings. The van der Waals surface area contributed by atoms with Crippen molar-refractivity contribution in [2.45, 2.75) is 17.2 Å². The molecule has 0 bridgehead atoms. The Labute approximate surface area is 226 Å². The summed E-state index contributed by atoms with van der Waals surface area (Å²) < 4.78 is 26.2. The molecule has 0 aliphatic carbocycles. The van der Waals surface area contributed by atoms with Crippen LogP contribution >= 0.6 is 0 Å². The van der Waals surface area contributed by atoms with Gasteiger partial charge in [0.15, 0.2) is 9.84 Å². The molecule has 0 aliphatic rings. The first-order chi connectivity index (χ1) is 19.0. The highest BCUT2D eigenvalue weighted by Crippen LogP contribution is 2.33. The topological polar surface area (TPSA) is 90.6 Å². The molecule has 39 heavy (non-hydrogen) atoms. The van der Waals surface area contributed by atoms with Crippen molar-refractivity contribution >= 4 is 20.9 Å². The molecule has 0 saturated heterocycles. The number of imidazole rings is 1. The van der Waals surface area contributed by atoms with Gasteiger partial charge in [-0.15, -0.1) is 0 Å². The summed E-state index contributed by atoms with van der Waals surface area (Å²) in [5.74, 6) is 1.48. The van der Waals surface area contributed by atoms with Crippen LogP contribution in [0.3, 0.4) is 0 Å². The summed E-state index contributed by atoms with van der Waals surface area (Å²) in [6, 6.07) is 26.9. The van der Waals surface area contributed by atoms with Gasteiger partial charge in [-0.3, -0.25) is 14.5 Å². The van der Waals surface area contributed by atoms with Crippen molar-refractivity contribution in [2.24, 2.45) is 0 Å². The molecule has 0 fully saturated rings. The van der Waals surface area contributed by atoms with Crippen LogP contribution in [0.1, 0.15) is 22.6 Å². The molecule has 4 aromatic heterocycles. The first-order valence-electron chi connectivity index (χ1n) is 12.5. The third-order valence-electron chi connectivity index (χ3n) is 6.78. The molecular weight excluding hydrogens is 506 g/mol. The van der Waals surface area contributed by atoms with Crippen molar-refractivity contribution in [3.05, 3.63) is 133 Å². The summed E-state index contributed by atoms with van der Waals surface area (Å²) in [5.41, 5.74) is 5.75. The molecule has 0 atom stereocenters. The fraction of sp³-hybridized carbons (Fsp3) is 0.0968. The van der Waals surface area contributed by atoms with E-state index in [0.717, 1.165) is 39.1 Å². The Morgan fingerprint density at radius 3 is 2.08 bits per heavy atom. The van der Waals surface area contributed by atoms with Crippen molar-refractivity contribution < 1.29 is 8.42 Å². The molecule has 0 radical (unpaired) electrons. The van der Waals surface area contributed by atoms with Crippen molar-refractivity contribution in [3.8, 4) is 17.2 Å². The van der Waals surface area contributed by atoms with Gasteiger partial charge < -0.3 is 0 Å². The average molecular weight is 532 g/mol. The SMILES string of the molecule is CS(=O)(=O)c1ccc(-c2nc3ccccc3n2-c2ncccc2CC(c2cccnc2)c2cccnc2)cc1. The first kappa shape index (κ1) is 24.6. The van der Waals surface area contributed by atoms with E-state index < -0.39 is 9.84 Å². The summed E-state index contributed by atoms with van der Waals surface area (Å²) >= 11 is 0. The van der Waals surface area contributed by atoms with Crippen LogP contribution in [0.25, 0.3) is 28.2 Å². The second kappa shape index (κ2) is 10.2. The molecule has 8 heteroatoms. The van der Waals surface area contributed by atoms with Gasteiger partial charge in [0.05, 0.1) is 15.9 Å². The van der Waals surface area contributed by atoms with Crippen molar-refractivity contribution in [1.82, 2.24) is 24.5 Å². The Bertz CT molecular complexity index is 1810. The molecule has 0 amide bonds. The van der Waals surface area contributed by atoms with E-state index in [4.69, 9.17) is 9.97 Å². The van der Waals surface area contributed by atoms with E-state index in [9.17, 15) is 8.42 Å².